The zero-order chi connectivity index (χ0) is 10.4. The number of phosphoric ester groups is 1. The number of para-hydroxylation sites is 1. The lowest BCUT2D eigenvalue weighted by Crippen LogP contribution is -1.99. The molecule has 4 nitrogen and oxygen atoms in total. The number of hydrogen-bond donors (Lipinski definition) is 0. The van der Waals surface area contributed by atoms with Gasteiger partial charge in [0.2, 0.25) is 0 Å². The Hall–Kier alpha value is -0.830. The zero-order valence-corrected chi connectivity index (χ0v) is 9.07. The Morgan fingerprint density at radius 1 is 1.29 bits per heavy atom. The van der Waals surface area contributed by atoms with Crippen molar-refractivity contribution in [1.82, 2.24) is 0 Å². The van der Waals surface area contributed by atoms with E-state index in [-0.39, 0.29) is 6.61 Å². The van der Waals surface area contributed by atoms with Crippen molar-refractivity contribution in [3.8, 4) is 5.75 Å². The summed E-state index contributed by atoms with van der Waals surface area (Å²) in [4.78, 5) is 0. The Labute approximate surface area is 83.4 Å². The summed E-state index contributed by atoms with van der Waals surface area (Å²) in [6.07, 6.45) is 0. The van der Waals surface area contributed by atoms with Gasteiger partial charge in [-0.1, -0.05) is 18.2 Å². The minimum atomic E-state index is -3.42. The molecule has 5 heteroatoms. The largest absolute Gasteiger partial charge is 0.529 e. The van der Waals surface area contributed by atoms with Gasteiger partial charge in [-0.05, 0) is 19.1 Å². The van der Waals surface area contributed by atoms with Crippen LogP contribution in [-0.2, 0) is 13.6 Å². The van der Waals surface area contributed by atoms with E-state index in [9.17, 15) is 4.57 Å². The SMILES string of the molecule is CCOP(=O)(OC)Oc1ccccc1. The van der Waals surface area contributed by atoms with E-state index in [0.717, 1.165) is 0 Å². The van der Waals surface area contributed by atoms with Gasteiger partial charge in [-0.15, -0.1) is 0 Å². The molecule has 0 aliphatic carbocycles. The smallest absolute Gasteiger partial charge is 0.404 e. The Morgan fingerprint density at radius 3 is 2.43 bits per heavy atom. The van der Waals surface area contributed by atoms with Crippen molar-refractivity contribution < 1.29 is 18.1 Å². The summed E-state index contributed by atoms with van der Waals surface area (Å²) in [5.41, 5.74) is 0. The molecule has 0 amide bonds. The molecule has 1 aromatic carbocycles. The van der Waals surface area contributed by atoms with Gasteiger partial charge < -0.3 is 4.52 Å². The van der Waals surface area contributed by atoms with Crippen LogP contribution >= 0.6 is 7.82 Å². The molecule has 0 bridgehead atoms. The number of phosphoric acid groups is 1. The summed E-state index contributed by atoms with van der Waals surface area (Å²) in [7, 11) is -2.13. The second kappa shape index (κ2) is 5.15. The van der Waals surface area contributed by atoms with Crippen molar-refractivity contribution in [3.05, 3.63) is 30.3 Å². The molecule has 0 N–H and O–H groups in total. The third kappa shape index (κ3) is 3.14. The summed E-state index contributed by atoms with van der Waals surface area (Å²) in [6.45, 7) is 2.00. The molecule has 0 spiro atoms. The molecule has 1 atom stereocenters. The number of benzene rings is 1. The van der Waals surface area contributed by atoms with Crippen molar-refractivity contribution in [3.63, 3.8) is 0 Å². The fraction of sp³-hybridized carbons (Fsp3) is 0.333. The van der Waals surface area contributed by atoms with Crippen LogP contribution in [0.15, 0.2) is 30.3 Å². The molecular weight excluding hydrogens is 203 g/mol. The van der Waals surface area contributed by atoms with Crippen LogP contribution in [0.3, 0.4) is 0 Å². The van der Waals surface area contributed by atoms with E-state index in [0.29, 0.717) is 5.75 Å². The van der Waals surface area contributed by atoms with Gasteiger partial charge in [0.15, 0.2) is 0 Å². The molecule has 0 saturated carbocycles. The van der Waals surface area contributed by atoms with Crippen molar-refractivity contribution in [2.75, 3.05) is 13.7 Å². The molecule has 0 radical (unpaired) electrons. The van der Waals surface area contributed by atoms with E-state index in [4.69, 9.17) is 13.6 Å². The summed E-state index contributed by atoms with van der Waals surface area (Å²) >= 11 is 0. The van der Waals surface area contributed by atoms with Gasteiger partial charge >= 0.3 is 7.82 Å². The lowest BCUT2D eigenvalue weighted by Gasteiger charge is -2.15. The molecule has 0 heterocycles. The van der Waals surface area contributed by atoms with Gasteiger partial charge in [-0.3, -0.25) is 9.05 Å². The highest BCUT2D eigenvalue weighted by Crippen LogP contribution is 2.48. The first-order valence-corrected chi connectivity index (χ1v) is 5.71. The molecule has 0 fully saturated rings. The standard InChI is InChI=1S/C9H13O4P/c1-3-12-14(10,11-2)13-9-7-5-4-6-8-9/h4-8H,3H2,1-2H3. The first kappa shape index (κ1) is 11.2. The molecule has 78 valence electrons. The molecule has 1 aromatic rings. The van der Waals surface area contributed by atoms with Crippen molar-refractivity contribution >= 4 is 7.82 Å². The van der Waals surface area contributed by atoms with Gasteiger partial charge in [-0.2, -0.15) is 0 Å². The van der Waals surface area contributed by atoms with Crippen LogP contribution in [-0.4, -0.2) is 13.7 Å². The summed E-state index contributed by atoms with van der Waals surface area (Å²) in [5.74, 6) is 0.464. The Morgan fingerprint density at radius 2 is 1.93 bits per heavy atom. The summed E-state index contributed by atoms with van der Waals surface area (Å²) < 4.78 is 26.4. The molecular formula is C9H13O4P. The van der Waals surface area contributed by atoms with E-state index in [1.807, 2.05) is 6.07 Å². The quantitative estimate of drug-likeness (QED) is 0.710. The fourth-order valence-corrected chi connectivity index (χ4v) is 1.81. The Kier molecular flexibility index (Phi) is 4.14. The van der Waals surface area contributed by atoms with E-state index in [1.165, 1.54) is 7.11 Å². The van der Waals surface area contributed by atoms with E-state index < -0.39 is 7.82 Å². The first-order chi connectivity index (χ1) is 6.70. The normalized spacial score (nSPS) is 14.7. The van der Waals surface area contributed by atoms with Crippen LogP contribution < -0.4 is 4.52 Å². The fourth-order valence-electron chi connectivity index (χ4n) is 0.885. The maximum absolute atomic E-state index is 11.7. The second-order valence-electron chi connectivity index (χ2n) is 2.45. The lowest BCUT2D eigenvalue weighted by molar-refractivity contribution is 0.187. The monoisotopic (exact) mass is 216 g/mol. The number of rotatable bonds is 5. The van der Waals surface area contributed by atoms with Crippen molar-refractivity contribution in [2.24, 2.45) is 0 Å². The van der Waals surface area contributed by atoms with Crippen molar-refractivity contribution in [2.45, 2.75) is 6.92 Å². The second-order valence-corrected chi connectivity index (χ2v) is 4.15. The van der Waals surface area contributed by atoms with Crippen LogP contribution in [0.1, 0.15) is 6.92 Å². The van der Waals surface area contributed by atoms with E-state index >= 15 is 0 Å². The summed E-state index contributed by atoms with van der Waals surface area (Å²) in [6, 6.07) is 8.77. The van der Waals surface area contributed by atoms with Crippen LogP contribution in [0, 0.1) is 0 Å². The van der Waals surface area contributed by atoms with Crippen LogP contribution in [0.5, 0.6) is 5.75 Å². The Bertz CT molecular complexity index is 312. The highest BCUT2D eigenvalue weighted by molar-refractivity contribution is 7.48. The topological polar surface area (TPSA) is 44.8 Å². The zero-order valence-electron chi connectivity index (χ0n) is 8.17. The van der Waals surface area contributed by atoms with E-state index in [2.05, 4.69) is 0 Å². The molecule has 0 aliphatic heterocycles. The minimum absolute atomic E-state index is 0.276. The van der Waals surface area contributed by atoms with Gasteiger partial charge in [0, 0.05) is 7.11 Å². The molecule has 14 heavy (non-hydrogen) atoms. The van der Waals surface area contributed by atoms with Crippen molar-refractivity contribution in [1.29, 1.82) is 0 Å². The molecule has 0 saturated heterocycles. The van der Waals surface area contributed by atoms with Crippen LogP contribution in [0.25, 0.3) is 0 Å². The Balaban J connectivity index is 2.71. The molecule has 0 aliphatic rings. The predicted octanol–water partition coefficient (Wildman–Crippen LogP) is 2.86. The van der Waals surface area contributed by atoms with Crippen LogP contribution in [0.4, 0.5) is 0 Å². The minimum Gasteiger partial charge on any atom is -0.404 e. The van der Waals surface area contributed by atoms with Crippen LogP contribution in [0.2, 0.25) is 0 Å². The average molecular weight is 216 g/mol. The maximum atomic E-state index is 11.7. The average Bonchev–Trinajstić information content (AvgIpc) is 2.20. The van der Waals surface area contributed by atoms with Gasteiger partial charge in [0.05, 0.1) is 6.61 Å². The maximum Gasteiger partial charge on any atom is 0.529 e. The van der Waals surface area contributed by atoms with Gasteiger partial charge in [0.1, 0.15) is 5.75 Å². The van der Waals surface area contributed by atoms with E-state index in [1.54, 1.807) is 31.2 Å². The summed E-state index contributed by atoms with van der Waals surface area (Å²) in [5, 5.41) is 0. The van der Waals surface area contributed by atoms with Gasteiger partial charge in [-0.25, -0.2) is 4.57 Å². The number of hydrogen-bond acceptors (Lipinski definition) is 4. The predicted molar refractivity (Wildman–Crippen MR) is 53.3 cm³/mol. The highest BCUT2D eigenvalue weighted by Gasteiger charge is 2.25. The third-order valence-corrected chi connectivity index (χ3v) is 2.93. The first-order valence-electron chi connectivity index (χ1n) is 4.25. The lowest BCUT2D eigenvalue weighted by atomic mass is 10.3. The third-order valence-electron chi connectivity index (χ3n) is 1.47. The molecule has 0 aromatic heterocycles. The highest BCUT2D eigenvalue weighted by atomic mass is 31.2. The molecule has 1 rings (SSSR count). The van der Waals surface area contributed by atoms with Gasteiger partial charge in [0.25, 0.3) is 0 Å². The molecule has 1 unspecified atom stereocenters.